The van der Waals surface area contributed by atoms with Gasteiger partial charge in [-0.1, -0.05) is 37.3 Å². The second-order valence-corrected chi connectivity index (χ2v) is 6.93. The number of carbonyl (C=O) groups is 1. The molecule has 4 nitrogen and oxygen atoms in total. The molecule has 1 aliphatic rings. The van der Waals surface area contributed by atoms with Gasteiger partial charge in [0, 0.05) is 25.2 Å². The maximum absolute atomic E-state index is 13.7. The molecule has 5 heteroatoms. The van der Waals surface area contributed by atoms with Gasteiger partial charge in [0.2, 0.25) is 0 Å². The van der Waals surface area contributed by atoms with E-state index in [4.69, 9.17) is 9.47 Å². The molecule has 1 aliphatic heterocycles. The number of amides is 1. The molecule has 2 aromatic rings. The summed E-state index contributed by atoms with van der Waals surface area (Å²) in [6.07, 6.45) is 2.34. The van der Waals surface area contributed by atoms with E-state index in [0.717, 1.165) is 36.1 Å². The van der Waals surface area contributed by atoms with E-state index in [9.17, 15) is 9.18 Å². The minimum absolute atomic E-state index is 0.0350. The molecule has 0 saturated carbocycles. The average molecular weight is 371 g/mol. The van der Waals surface area contributed by atoms with E-state index in [0.29, 0.717) is 19.8 Å². The molecule has 1 N–H and O–H groups in total. The number of carbonyl (C=O) groups excluding carboxylic acids is 1. The van der Waals surface area contributed by atoms with E-state index in [-0.39, 0.29) is 23.7 Å². The fraction of sp³-hybridized carbons (Fsp3) is 0.409. The van der Waals surface area contributed by atoms with Gasteiger partial charge in [0.15, 0.2) is 6.61 Å². The molecule has 27 heavy (non-hydrogen) atoms. The van der Waals surface area contributed by atoms with Gasteiger partial charge in [-0.25, -0.2) is 4.39 Å². The highest BCUT2D eigenvalue weighted by Gasteiger charge is 2.35. The van der Waals surface area contributed by atoms with Crippen LogP contribution >= 0.6 is 0 Å². The summed E-state index contributed by atoms with van der Waals surface area (Å²) >= 11 is 0. The fourth-order valence-corrected chi connectivity index (χ4v) is 3.55. The topological polar surface area (TPSA) is 47.6 Å². The third-order valence-electron chi connectivity index (χ3n) is 5.22. The third kappa shape index (κ3) is 4.86. The van der Waals surface area contributed by atoms with Gasteiger partial charge < -0.3 is 14.8 Å². The molecule has 1 amide bonds. The minimum atomic E-state index is -0.308. The smallest absolute Gasteiger partial charge is 0.257 e. The first-order valence-corrected chi connectivity index (χ1v) is 9.44. The van der Waals surface area contributed by atoms with Crippen LogP contribution in [0.1, 0.15) is 30.9 Å². The Balaban J connectivity index is 1.62. The normalized spacial score (nSPS) is 15.9. The quantitative estimate of drug-likeness (QED) is 0.808. The largest absolute Gasteiger partial charge is 0.483 e. The summed E-state index contributed by atoms with van der Waals surface area (Å²) in [7, 11) is 0. The Morgan fingerprint density at radius 3 is 2.70 bits per heavy atom. The van der Waals surface area contributed by atoms with Crippen LogP contribution in [0, 0.1) is 5.82 Å². The third-order valence-corrected chi connectivity index (χ3v) is 5.22. The van der Waals surface area contributed by atoms with Crippen LogP contribution in [-0.2, 0) is 21.4 Å². The van der Waals surface area contributed by atoms with Crippen LogP contribution in [0.25, 0.3) is 0 Å². The molecule has 0 radical (unpaired) electrons. The van der Waals surface area contributed by atoms with Crippen LogP contribution in [0.5, 0.6) is 5.75 Å². The Morgan fingerprint density at radius 2 is 1.96 bits per heavy atom. The maximum atomic E-state index is 13.7. The minimum Gasteiger partial charge on any atom is -0.483 e. The zero-order valence-corrected chi connectivity index (χ0v) is 15.7. The number of benzene rings is 2. The van der Waals surface area contributed by atoms with Crippen LogP contribution in [0.4, 0.5) is 4.39 Å². The SMILES string of the molecule is CCc1ccccc1OCC(=O)NCC1(c2cccc(F)c2)CCOCC1. The number of nitrogens with one attached hydrogen (secondary N) is 1. The monoisotopic (exact) mass is 371 g/mol. The van der Waals surface area contributed by atoms with Crippen molar-refractivity contribution >= 4 is 5.91 Å². The lowest BCUT2D eigenvalue weighted by molar-refractivity contribution is -0.123. The zero-order valence-electron chi connectivity index (χ0n) is 15.7. The van der Waals surface area contributed by atoms with E-state index >= 15 is 0 Å². The number of hydrogen-bond donors (Lipinski definition) is 1. The van der Waals surface area contributed by atoms with Crippen LogP contribution in [0.15, 0.2) is 48.5 Å². The van der Waals surface area contributed by atoms with Crippen molar-refractivity contribution in [1.29, 1.82) is 0 Å². The molecule has 0 aliphatic carbocycles. The summed E-state index contributed by atoms with van der Waals surface area (Å²) in [6, 6.07) is 14.4. The zero-order chi connectivity index (χ0) is 19.1. The van der Waals surface area contributed by atoms with Gasteiger partial charge >= 0.3 is 0 Å². The lowest BCUT2D eigenvalue weighted by Gasteiger charge is -2.38. The molecule has 1 saturated heterocycles. The predicted molar refractivity (Wildman–Crippen MR) is 102 cm³/mol. The molecule has 144 valence electrons. The van der Waals surface area contributed by atoms with Gasteiger partial charge in [0.1, 0.15) is 11.6 Å². The Labute approximate surface area is 159 Å². The molecule has 2 aromatic carbocycles. The van der Waals surface area contributed by atoms with Gasteiger partial charge in [-0.3, -0.25) is 4.79 Å². The highest BCUT2D eigenvalue weighted by Crippen LogP contribution is 2.34. The molecule has 1 heterocycles. The van der Waals surface area contributed by atoms with Crippen molar-refractivity contribution in [1.82, 2.24) is 5.32 Å². The van der Waals surface area contributed by atoms with Crippen LogP contribution < -0.4 is 10.1 Å². The van der Waals surface area contributed by atoms with Crippen molar-refractivity contribution in [3.63, 3.8) is 0 Å². The van der Waals surface area contributed by atoms with Crippen molar-refractivity contribution in [2.24, 2.45) is 0 Å². The number of aryl methyl sites for hydroxylation is 1. The van der Waals surface area contributed by atoms with E-state index in [1.165, 1.54) is 6.07 Å². The molecule has 1 fully saturated rings. The number of hydrogen-bond acceptors (Lipinski definition) is 3. The first kappa shape index (κ1) is 19.4. The first-order valence-electron chi connectivity index (χ1n) is 9.44. The van der Waals surface area contributed by atoms with E-state index in [1.54, 1.807) is 12.1 Å². The molecule has 0 spiro atoms. The van der Waals surface area contributed by atoms with Crippen LogP contribution in [-0.4, -0.2) is 32.3 Å². The summed E-state index contributed by atoms with van der Waals surface area (Å²) in [6.45, 7) is 3.67. The summed E-state index contributed by atoms with van der Waals surface area (Å²) in [5.41, 5.74) is 1.67. The molecule has 0 bridgehead atoms. The Kier molecular flexibility index (Phi) is 6.45. The number of rotatable bonds is 7. The molecule has 3 rings (SSSR count). The summed E-state index contributed by atoms with van der Waals surface area (Å²) in [5, 5.41) is 2.98. The number of para-hydroxylation sites is 1. The van der Waals surface area contributed by atoms with E-state index in [2.05, 4.69) is 12.2 Å². The first-order chi connectivity index (χ1) is 13.1. The second-order valence-electron chi connectivity index (χ2n) is 6.93. The summed E-state index contributed by atoms with van der Waals surface area (Å²) in [4.78, 5) is 12.4. The lowest BCUT2D eigenvalue weighted by atomic mass is 9.74. The summed E-state index contributed by atoms with van der Waals surface area (Å²) < 4.78 is 24.9. The van der Waals surface area contributed by atoms with Crippen molar-refractivity contribution in [3.8, 4) is 5.75 Å². The van der Waals surface area contributed by atoms with Crippen LogP contribution in [0.3, 0.4) is 0 Å². The molecule has 0 atom stereocenters. The molecular formula is C22H26FNO3. The summed E-state index contributed by atoms with van der Waals surface area (Å²) in [5.74, 6) is 0.299. The average Bonchev–Trinajstić information content (AvgIpc) is 2.71. The predicted octanol–water partition coefficient (Wildman–Crippen LogP) is 3.63. The van der Waals surface area contributed by atoms with Crippen molar-refractivity contribution in [2.45, 2.75) is 31.6 Å². The van der Waals surface area contributed by atoms with Crippen molar-refractivity contribution in [3.05, 3.63) is 65.5 Å². The Morgan fingerprint density at radius 1 is 1.19 bits per heavy atom. The van der Waals surface area contributed by atoms with Gasteiger partial charge in [0.05, 0.1) is 0 Å². The van der Waals surface area contributed by atoms with Gasteiger partial charge in [0.25, 0.3) is 5.91 Å². The highest BCUT2D eigenvalue weighted by molar-refractivity contribution is 5.77. The van der Waals surface area contributed by atoms with Gasteiger partial charge in [-0.2, -0.15) is 0 Å². The van der Waals surface area contributed by atoms with Crippen molar-refractivity contribution < 1.29 is 18.7 Å². The second kappa shape index (κ2) is 9.00. The molecule has 0 unspecified atom stereocenters. The maximum Gasteiger partial charge on any atom is 0.257 e. The lowest BCUT2D eigenvalue weighted by Crippen LogP contribution is -2.45. The number of ether oxygens (including phenoxy) is 2. The number of halogens is 1. The Hall–Kier alpha value is -2.40. The van der Waals surface area contributed by atoms with Gasteiger partial charge in [-0.05, 0) is 48.6 Å². The van der Waals surface area contributed by atoms with Crippen molar-refractivity contribution in [2.75, 3.05) is 26.4 Å². The van der Waals surface area contributed by atoms with E-state index in [1.807, 2.05) is 30.3 Å². The van der Waals surface area contributed by atoms with E-state index < -0.39 is 0 Å². The molecular weight excluding hydrogens is 345 g/mol. The molecule has 0 aromatic heterocycles. The highest BCUT2D eigenvalue weighted by atomic mass is 19.1. The standard InChI is InChI=1S/C22H26FNO3/c1-2-17-6-3-4-9-20(17)27-15-21(25)24-16-22(10-12-26-13-11-22)18-7-5-8-19(23)14-18/h3-9,14H,2,10-13,15-16H2,1H3,(H,24,25). The van der Waals surface area contributed by atoms with Gasteiger partial charge in [-0.15, -0.1) is 0 Å². The Bertz CT molecular complexity index is 772. The fourth-order valence-electron chi connectivity index (χ4n) is 3.55. The van der Waals surface area contributed by atoms with Crippen LogP contribution in [0.2, 0.25) is 0 Å².